The zero-order valence-corrected chi connectivity index (χ0v) is 15.2. The van der Waals surface area contributed by atoms with Crippen LogP contribution in [-0.2, 0) is 4.79 Å². The molecule has 28 heavy (non-hydrogen) atoms. The summed E-state index contributed by atoms with van der Waals surface area (Å²) in [6.45, 7) is 2.53. The molecule has 10 heteroatoms. The summed E-state index contributed by atoms with van der Waals surface area (Å²) < 4.78 is 40.9. The van der Waals surface area contributed by atoms with E-state index in [1.165, 1.54) is 0 Å². The van der Waals surface area contributed by atoms with Crippen LogP contribution in [0.25, 0.3) is 5.69 Å². The van der Waals surface area contributed by atoms with Gasteiger partial charge in [-0.2, -0.15) is 18.3 Å². The third-order valence-electron chi connectivity index (χ3n) is 4.70. The van der Waals surface area contributed by atoms with Crippen molar-refractivity contribution < 1.29 is 27.9 Å². The number of carbonyl (C=O) groups excluding carboxylic acids is 1. The lowest BCUT2D eigenvalue weighted by atomic mass is 9.96. The maximum atomic E-state index is 13.1. The minimum atomic E-state index is -4.69. The van der Waals surface area contributed by atoms with Gasteiger partial charge in [0.2, 0.25) is 0 Å². The fraction of sp³-hybridized carbons (Fsp3) is 0.389. The summed E-state index contributed by atoms with van der Waals surface area (Å²) in [5.41, 5.74) is 2.76. The molecule has 1 aromatic carbocycles. The van der Waals surface area contributed by atoms with Crippen LogP contribution in [0.5, 0.6) is 0 Å². The number of aromatic nitrogens is 2. The number of nitrogens with zero attached hydrogens (tertiary/aromatic N) is 3. The Balaban J connectivity index is 1.76. The van der Waals surface area contributed by atoms with Crippen LogP contribution in [0.4, 0.5) is 23.7 Å². The number of urea groups is 1. The van der Waals surface area contributed by atoms with Crippen molar-refractivity contribution in [3.63, 3.8) is 0 Å². The van der Waals surface area contributed by atoms with Crippen molar-refractivity contribution in [2.24, 2.45) is 11.8 Å². The Morgan fingerprint density at radius 2 is 1.93 bits per heavy atom. The largest absolute Gasteiger partial charge is 0.481 e. The zero-order chi connectivity index (χ0) is 20.6. The van der Waals surface area contributed by atoms with Crippen LogP contribution in [0.3, 0.4) is 0 Å². The summed E-state index contributed by atoms with van der Waals surface area (Å²) in [6, 6.07) is 7.82. The van der Waals surface area contributed by atoms with Gasteiger partial charge in [-0.3, -0.25) is 4.79 Å². The standard InChI is InChI=1S/C18H19F3N4O3/c1-10-6-11(2)25(23-10)13-5-3-4-12(7-13)22-17(28)24-8-14(16(26)27)15(9-24)18(19,20)21/h3-7,14-15H,8-9H2,1-2H3,(H,22,28)(H,26,27)/t14-,15-/m1/s1. The summed E-state index contributed by atoms with van der Waals surface area (Å²) in [4.78, 5) is 24.4. The Morgan fingerprint density at radius 3 is 2.46 bits per heavy atom. The number of aliphatic carboxylic acids is 1. The van der Waals surface area contributed by atoms with Crippen LogP contribution >= 0.6 is 0 Å². The highest BCUT2D eigenvalue weighted by Crippen LogP contribution is 2.37. The molecule has 2 amide bonds. The number of hydrogen-bond donors (Lipinski definition) is 2. The minimum absolute atomic E-state index is 0.373. The van der Waals surface area contributed by atoms with Crippen molar-refractivity contribution in [1.29, 1.82) is 0 Å². The molecule has 0 spiro atoms. The summed E-state index contributed by atoms with van der Waals surface area (Å²) in [7, 11) is 0. The van der Waals surface area contributed by atoms with Gasteiger partial charge in [-0.15, -0.1) is 0 Å². The molecule has 1 fully saturated rings. The first-order chi connectivity index (χ1) is 13.1. The van der Waals surface area contributed by atoms with Gasteiger partial charge in [0.25, 0.3) is 0 Å². The number of likely N-dealkylation sites (tertiary alicyclic amines) is 1. The number of carboxylic acids is 1. The quantitative estimate of drug-likeness (QED) is 0.834. The zero-order valence-electron chi connectivity index (χ0n) is 15.2. The van der Waals surface area contributed by atoms with E-state index in [1.807, 2.05) is 19.9 Å². The third-order valence-corrected chi connectivity index (χ3v) is 4.70. The van der Waals surface area contributed by atoms with Crippen molar-refractivity contribution in [3.05, 3.63) is 41.7 Å². The smallest absolute Gasteiger partial charge is 0.394 e. The van der Waals surface area contributed by atoms with Crippen LogP contribution in [0.15, 0.2) is 30.3 Å². The highest BCUT2D eigenvalue weighted by molar-refractivity contribution is 5.90. The van der Waals surface area contributed by atoms with Gasteiger partial charge in [-0.05, 0) is 38.1 Å². The van der Waals surface area contributed by atoms with Gasteiger partial charge in [0.15, 0.2) is 0 Å². The Morgan fingerprint density at radius 1 is 1.21 bits per heavy atom. The fourth-order valence-corrected chi connectivity index (χ4v) is 3.36. The van der Waals surface area contributed by atoms with E-state index in [2.05, 4.69) is 10.4 Å². The normalized spacial score (nSPS) is 19.7. The van der Waals surface area contributed by atoms with Gasteiger partial charge in [0.05, 0.1) is 23.2 Å². The lowest BCUT2D eigenvalue weighted by Crippen LogP contribution is -2.35. The van der Waals surface area contributed by atoms with Gasteiger partial charge >= 0.3 is 18.2 Å². The SMILES string of the molecule is Cc1cc(C)n(-c2cccc(NC(=O)N3C[C@@H](C(F)(F)F)[C@H](C(=O)O)C3)c2)n1. The Bertz CT molecular complexity index is 910. The number of aryl methyl sites for hydroxylation is 2. The van der Waals surface area contributed by atoms with Gasteiger partial charge in [-0.1, -0.05) is 6.07 Å². The average molecular weight is 396 g/mol. The fourth-order valence-electron chi connectivity index (χ4n) is 3.36. The Hall–Kier alpha value is -3.04. The topological polar surface area (TPSA) is 87.5 Å². The van der Waals surface area contributed by atoms with Gasteiger partial charge in [-0.25, -0.2) is 9.48 Å². The van der Waals surface area contributed by atoms with E-state index in [9.17, 15) is 22.8 Å². The molecule has 150 valence electrons. The molecule has 1 aromatic heterocycles. The number of amides is 2. The number of anilines is 1. The molecule has 0 radical (unpaired) electrons. The maximum absolute atomic E-state index is 13.1. The summed E-state index contributed by atoms with van der Waals surface area (Å²) in [5.74, 6) is -5.33. The maximum Gasteiger partial charge on any atom is 0.394 e. The number of alkyl halides is 3. The lowest BCUT2D eigenvalue weighted by molar-refractivity contribution is -0.187. The van der Waals surface area contributed by atoms with Crippen LogP contribution in [0, 0.1) is 25.7 Å². The number of carboxylic acid groups (broad SMARTS) is 1. The van der Waals surface area contributed by atoms with Crippen LogP contribution < -0.4 is 5.32 Å². The van der Waals surface area contributed by atoms with Crippen molar-refractivity contribution in [2.45, 2.75) is 20.0 Å². The Labute approximate surface area is 158 Å². The molecule has 1 aliphatic rings. The van der Waals surface area contributed by atoms with Crippen LogP contribution in [0.1, 0.15) is 11.4 Å². The van der Waals surface area contributed by atoms with Crippen molar-refractivity contribution in [2.75, 3.05) is 18.4 Å². The Kier molecular flexibility index (Phi) is 5.05. The van der Waals surface area contributed by atoms with Crippen molar-refractivity contribution in [3.8, 4) is 5.69 Å². The molecule has 2 heterocycles. The van der Waals surface area contributed by atoms with Crippen LogP contribution in [0.2, 0.25) is 0 Å². The van der Waals surface area contributed by atoms with E-state index in [0.717, 1.165) is 16.3 Å². The first-order valence-electron chi connectivity index (χ1n) is 8.55. The molecule has 2 aromatic rings. The molecule has 7 nitrogen and oxygen atoms in total. The average Bonchev–Trinajstić information content (AvgIpc) is 3.18. The second-order valence-electron chi connectivity index (χ2n) is 6.82. The molecule has 2 N–H and O–H groups in total. The molecule has 0 aliphatic carbocycles. The highest BCUT2D eigenvalue weighted by Gasteiger charge is 2.53. The summed E-state index contributed by atoms with van der Waals surface area (Å²) in [5, 5.41) is 15.9. The number of nitrogens with one attached hydrogen (secondary N) is 1. The molecular weight excluding hydrogens is 377 g/mol. The first-order valence-corrected chi connectivity index (χ1v) is 8.55. The van der Waals surface area contributed by atoms with Crippen LogP contribution in [-0.4, -0.2) is 51.1 Å². The number of halogens is 3. The second kappa shape index (κ2) is 7.17. The molecular formula is C18H19F3N4O3. The molecule has 0 unspecified atom stereocenters. The molecule has 0 bridgehead atoms. The van der Waals surface area contributed by atoms with Crippen molar-refractivity contribution >= 4 is 17.7 Å². The monoisotopic (exact) mass is 396 g/mol. The molecule has 2 atom stereocenters. The minimum Gasteiger partial charge on any atom is -0.481 e. The van der Waals surface area contributed by atoms with Gasteiger partial charge in [0.1, 0.15) is 0 Å². The third kappa shape index (κ3) is 3.95. The molecule has 3 rings (SSSR count). The highest BCUT2D eigenvalue weighted by atomic mass is 19.4. The lowest BCUT2D eigenvalue weighted by Gasteiger charge is -2.19. The predicted molar refractivity (Wildman–Crippen MR) is 94.3 cm³/mol. The van der Waals surface area contributed by atoms with E-state index in [0.29, 0.717) is 11.4 Å². The molecule has 1 aliphatic heterocycles. The molecule has 0 saturated carbocycles. The molecule has 1 saturated heterocycles. The number of rotatable bonds is 3. The second-order valence-corrected chi connectivity index (χ2v) is 6.82. The first kappa shape index (κ1) is 19.7. The van der Waals surface area contributed by atoms with E-state index in [4.69, 9.17) is 5.11 Å². The van der Waals surface area contributed by atoms with E-state index < -0.39 is 43.1 Å². The summed E-state index contributed by atoms with van der Waals surface area (Å²) in [6.07, 6.45) is -4.69. The number of benzene rings is 1. The van der Waals surface area contributed by atoms with E-state index in [-0.39, 0.29) is 0 Å². The van der Waals surface area contributed by atoms with Gasteiger partial charge in [0, 0.05) is 24.5 Å². The number of hydrogen-bond acceptors (Lipinski definition) is 3. The van der Waals surface area contributed by atoms with E-state index in [1.54, 1.807) is 28.9 Å². The van der Waals surface area contributed by atoms with Crippen molar-refractivity contribution in [1.82, 2.24) is 14.7 Å². The summed E-state index contributed by atoms with van der Waals surface area (Å²) >= 11 is 0. The number of carbonyl (C=O) groups is 2. The van der Waals surface area contributed by atoms with E-state index >= 15 is 0 Å². The van der Waals surface area contributed by atoms with Gasteiger partial charge < -0.3 is 15.3 Å². The predicted octanol–water partition coefficient (Wildman–Crippen LogP) is 3.22.